The summed E-state index contributed by atoms with van der Waals surface area (Å²) in [5.74, 6) is -2.71. The van der Waals surface area contributed by atoms with E-state index in [0.717, 1.165) is 25.9 Å². The second-order valence-corrected chi connectivity index (χ2v) is 6.36. The van der Waals surface area contributed by atoms with Crippen LogP contribution in [0.5, 0.6) is 0 Å². The molecule has 0 bridgehead atoms. The summed E-state index contributed by atoms with van der Waals surface area (Å²) in [5.41, 5.74) is 8.09. The second kappa shape index (κ2) is 7.63. The smallest absolute Gasteiger partial charge is 0.475 e. The van der Waals surface area contributed by atoms with Gasteiger partial charge >= 0.3 is 12.1 Å². The van der Waals surface area contributed by atoms with Crippen molar-refractivity contribution < 1.29 is 32.6 Å². The van der Waals surface area contributed by atoms with Gasteiger partial charge in [0, 0.05) is 13.1 Å². The van der Waals surface area contributed by atoms with Crippen molar-refractivity contribution in [3.05, 3.63) is 35.4 Å². The molecule has 0 aliphatic carbocycles. The molecule has 2 heterocycles. The number of carboxylic acids is 1. The molecular weight excluding hydrogens is 353 g/mol. The van der Waals surface area contributed by atoms with Crippen LogP contribution in [0.25, 0.3) is 0 Å². The Morgan fingerprint density at radius 1 is 1.27 bits per heavy atom. The third kappa shape index (κ3) is 4.34. The Balaban J connectivity index is 0.000000298. The maximum absolute atomic E-state index is 11.9. The Morgan fingerprint density at radius 3 is 2.31 bits per heavy atom. The van der Waals surface area contributed by atoms with Crippen molar-refractivity contribution in [1.82, 2.24) is 4.90 Å². The highest BCUT2D eigenvalue weighted by atomic mass is 19.4. The molecule has 0 unspecified atom stereocenters. The van der Waals surface area contributed by atoms with Crippen molar-refractivity contribution in [3.63, 3.8) is 0 Å². The number of hydrogen-bond donors (Lipinski definition) is 2. The van der Waals surface area contributed by atoms with Crippen molar-refractivity contribution in [1.29, 1.82) is 0 Å². The molecule has 3 rings (SSSR count). The lowest BCUT2D eigenvalue weighted by atomic mass is 9.83. The standard InChI is InChI=1S/C15H20N2O2.C2HF3O2/c1-11(16)14(18)17-8-6-15(7-9-17)13-5-3-2-4-12(13)10-19-15;3-2(4,5)1(6)7/h2-5,11H,6-10,16H2,1H3;(H,6,7)/t11-;/m1./s1. The molecule has 1 spiro atoms. The molecule has 0 aromatic heterocycles. The van der Waals surface area contributed by atoms with Gasteiger partial charge in [0.1, 0.15) is 0 Å². The number of nitrogens with two attached hydrogens (primary N) is 1. The number of piperidine rings is 1. The van der Waals surface area contributed by atoms with Crippen LogP contribution in [0.4, 0.5) is 13.2 Å². The SMILES string of the molecule is C[C@@H](N)C(=O)N1CCC2(CC1)OCc1ccccc12.O=C(O)C(F)(F)F. The number of nitrogens with zero attached hydrogens (tertiary/aromatic N) is 1. The van der Waals surface area contributed by atoms with Gasteiger partial charge in [0.2, 0.25) is 5.91 Å². The maximum atomic E-state index is 11.9. The number of carboxylic acid groups (broad SMARTS) is 1. The molecule has 0 radical (unpaired) electrons. The van der Waals surface area contributed by atoms with Crippen LogP contribution in [-0.4, -0.2) is 47.2 Å². The summed E-state index contributed by atoms with van der Waals surface area (Å²) in [6.07, 6.45) is -3.36. The van der Waals surface area contributed by atoms with Gasteiger partial charge in [-0.05, 0) is 30.9 Å². The average Bonchev–Trinajstić information content (AvgIpc) is 2.93. The summed E-state index contributed by atoms with van der Waals surface area (Å²) in [5, 5.41) is 7.12. The van der Waals surface area contributed by atoms with Gasteiger partial charge in [-0.15, -0.1) is 0 Å². The Hall–Kier alpha value is -2.13. The highest BCUT2D eigenvalue weighted by Gasteiger charge is 2.43. The topological polar surface area (TPSA) is 92.9 Å². The summed E-state index contributed by atoms with van der Waals surface area (Å²) in [6, 6.07) is 7.99. The lowest BCUT2D eigenvalue weighted by molar-refractivity contribution is -0.192. The molecule has 1 aromatic rings. The number of benzene rings is 1. The zero-order chi connectivity index (χ0) is 19.5. The van der Waals surface area contributed by atoms with E-state index in [4.69, 9.17) is 20.4 Å². The summed E-state index contributed by atoms with van der Waals surface area (Å²) < 4.78 is 37.8. The molecule has 144 valence electrons. The molecule has 9 heteroatoms. The minimum Gasteiger partial charge on any atom is -0.475 e. The average molecular weight is 374 g/mol. The number of carbonyl (C=O) groups excluding carboxylic acids is 1. The first-order chi connectivity index (χ1) is 12.1. The number of alkyl halides is 3. The van der Waals surface area contributed by atoms with E-state index in [1.807, 2.05) is 4.90 Å². The Bertz CT molecular complexity index is 668. The number of aliphatic carboxylic acids is 1. The van der Waals surface area contributed by atoms with Crippen LogP contribution in [0.2, 0.25) is 0 Å². The van der Waals surface area contributed by atoms with Crippen molar-refractivity contribution >= 4 is 11.9 Å². The van der Waals surface area contributed by atoms with E-state index in [2.05, 4.69) is 24.3 Å². The maximum Gasteiger partial charge on any atom is 0.490 e. The molecular formula is C17H21F3N2O4. The molecule has 1 atom stereocenters. The summed E-state index contributed by atoms with van der Waals surface area (Å²) >= 11 is 0. The third-order valence-corrected chi connectivity index (χ3v) is 4.53. The van der Waals surface area contributed by atoms with E-state index in [1.165, 1.54) is 11.1 Å². The minimum absolute atomic E-state index is 0.0427. The highest BCUT2D eigenvalue weighted by Crippen LogP contribution is 2.43. The van der Waals surface area contributed by atoms with E-state index in [9.17, 15) is 18.0 Å². The minimum atomic E-state index is -5.08. The largest absolute Gasteiger partial charge is 0.490 e. The van der Waals surface area contributed by atoms with Crippen LogP contribution >= 0.6 is 0 Å². The third-order valence-electron chi connectivity index (χ3n) is 4.53. The molecule has 1 amide bonds. The molecule has 3 N–H and O–H groups in total. The van der Waals surface area contributed by atoms with Gasteiger partial charge in [-0.2, -0.15) is 13.2 Å². The van der Waals surface area contributed by atoms with Crippen LogP contribution in [0.15, 0.2) is 24.3 Å². The predicted molar refractivity (Wildman–Crippen MR) is 86.1 cm³/mol. The van der Waals surface area contributed by atoms with E-state index in [-0.39, 0.29) is 11.5 Å². The Labute approximate surface area is 148 Å². The van der Waals surface area contributed by atoms with Crippen LogP contribution < -0.4 is 5.73 Å². The van der Waals surface area contributed by atoms with E-state index in [1.54, 1.807) is 6.92 Å². The van der Waals surface area contributed by atoms with Crippen LogP contribution in [0, 0.1) is 0 Å². The highest BCUT2D eigenvalue weighted by molar-refractivity contribution is 5.81. The number of amides is 1. The van der Waals surface area contributed by atoms with Crippen molar-refractivity contribution in [2.75, 3.05) is 13.1 Å². The molecule has 1 fully saturated rings. The summed E-state index contributed by atoms with van der Waals surface area (Å²) in [4.78, 5) is 22.7. The molecule has 1 aromatic carbocycles. The number of hydrogen-bond acceptors (Lipinski definition) is 4. The van der Waals surface area contributed by atoms with Crippen molar-refractivity contribution in [2.45, 2.75) is 44.2 Å². The summed E-state index contributed by atoms with van der Waals surface area (Å²) in [7, 11) is 0. The normalized spacial score (nSPS) is 19.3. The van der Waals surface area contributed by atoms with Crippen LogP contribution in [0.3, 0.4) is 0 Å². The van der Waals surface area contributed by atoms with Gasteiger partial charge in [-0.1, -0.05) is 24.3 Å². The first kappa shape index (κ1) is 20.2. The van der Waals surface area contributed by atoms with Gasteiger partial charge in [-0.25, -0.2) is 4.79 Å². The Kier molecular flexibility index (Phi) is 5.92. The van der Waals surface area contributed by atoms with Gasteiger partial charge in [0.05, 0.1) is 18.2 Å². The van der Waals surface area contributed by atoms with E-state index >= 15 is 0 Å². The van der Waals surface area contributed by atoms with Gasteiger partial charge in [0.15, 0.2) is 0 Å². The van der Waals surface area contributed by atoms with Crippen LogP contribution in [0.1, 0.15) is 30.9 Å². The predicted octanol–water partition coefficient (Wildman–Crippen LogP) is 2.01. The molecule has 2 aliphatic rings. The fourth-order valence-electron chi connectivity index (χ4n) is 3.17. The fourth-order valence-corrected chi connectivity index (χ4v) is 3.17. The molecule has 26 heavy (non-hydrogen) atoms. The monoisotopic (exact) mass is 374 g/mol. The van der Waals surface area contributed by atoms with Gasteiger partial charge < -0.3 is 20.5 Å². The number of halogens is 3. The first-order valence-electron chi connectivity index (χ1n) is 8.14. The first-order valence-corrected chi connectivity index (χ1v) is 8.14. The number of likely N-dealkylation sites (tertiary alicyclic amines) is 1. The number of carbonyl (C=O) groups is 2. The van der Waals surface area contributed by atoms with Crippen LogP contribution in [-0.2, 0) is 26.5 Å². The second-order valence-electron chi connectivity index (χ2n) is 6.36. The van der Waals surface area contributed by atoms with Gasteiger partial charge in [0.25, 0.3) is 0 Å². The van der Waals surface area contributed by atoms with Crippen molar-refractivity contribution in [2.24, 2.45) is 5.73 Å². The fraction of sp³-hybridized carbons (Fsp3) is 0.529. The molecule has 6 nitrogen and oxygen atoms in total. The lowest BCUT2D eigenvalue weighted by Gasteiger charge is -2.39. The van der Waals surface area contributed by atoms with Gasteiger partial charge in [-0.3, -0.25) is 4.79 Å². The lowest BCUT2D eigenvalue weighted by Crippen LogP contribution is -2.49. The quantitative estimate of drug-likeness (QED) is 0.785. The van der Waals surface area contributed by atoms with Crippen molar-refractivity contribution in [3.8, 4) is 0 Å². The van der Waals surface area contributed by atoms with E-state index < -0.39 is 18.2 Å². The molecule has 2 aliphatic heterocycles. The Morgan fingerprint density at radius 2 is 1.81 bits per heavy atom. The zero-order valence-electron chi connectivity index (χ0n) is 14.3. The zero-order valence-corrected chi connectivity index (χ0v) is 14.3. The molecule has 0 saturated carbocycles. The molecule has 1 saturated heterocycles. The summed E-state index contributed by atoms with van der Waals surface area (Å²) in [6.45, 7) is 3.90. The number of ether oxygens (including phenoxy) is 1. The van der Waals surface area contributed by atoms with E-state index in [0.29, 0.717) is 6.61 Å². The number of fused-ring (bicyclic) bond motifs is 2. The number of rotatable bonds is 1.